The summed E-state index contributed by atoms with van der Waals surface area (Å²) < 4.78 is 49.9. The lowest BCUT2D eigenvalue weighted by Gasteiger charge is -2.34. The maximum Gasteiger partial charge on any atom is 0.416 e. The van der Waals surface area contributed by atoms with Crippen molar-refractivity contribution in [3.63, 3.8) is 0 Å². The van der Waals surface area contributed by atoms with Crippen LogP contribution in [0.4, 0.5) is 18.9 Å². The average Bonchev–Trinajstić information content (AvgIpc) is 3.21. The highest BCUT2D eigenvalue weighted by Crippen LogP contribution is 2.34. The van der Waals surface area contributed by atoms with Crippen molar-refractivity contribution in [2.45, 2.75) is 18.8 Å². The molecule has 0 unspecified atom stereocenters. The largest absolute Gasteiger partial charge is 0.477 e. The number of halogens is 3. The van der Waals surface area contributed by atoms with E-state index in [9.17, 15) is 18.0 Å². The number of hydrogen-bond donors (Lipinski definition) is 1. The van der Waals surface area contributed by atoms with E-state index in [4.69, 9.17) is 9.26 Å². The number of nitrogens with zero attached hydrogens (tertiary/aromatic N) is 3. The van der Waals surface area contributed by atoms with Crippen molar-refractivity contribution >= 4 is 11.6 Å². The Kier molecular flexibility index (Phi) is 5.06. The Balaban J connectivity index is 1.58. The summed E-state index contributed by atoms with van der Waals surface area (Å²) in [6.07, 6.45) is -5.19. The molecule has 156 valence electrons. The monoisotopic (exact) mass is 418 g/mol. The lowest BCUT2D eigenvalue weighted by atomic mass is 10.1. The number of aromatic nitrogens is 2. The van der Waals surface area contributed by atoms with Crippen molar-refractivity contribution in [2.75, 3.05) is 18.5 Å². The molecule has 1 amide bonds. The molecule has 3 aromatic rings. The molecule has 0 saturated heterocycles. The number of benzene rings is 2. The molecule has 1 atom stereocenters. The lowest BCUT2D eigenvalue weighted by molar-refractivity contribution is -0.137. The van der Waals surface area contributed by atoms with Gasteiger partial charge in [0.1, 0.15) is 5.75 Å². The summed E-state index contributed by atoms with van der Waals surface area (Å²) in [5.41, 5.74) is 0.156. The molecule has 2 aromatic carbocycles. The molecule has 4 rings (SSSR count). The third kappa shape index (κ3) is 3.93. The lowest BCUT2D eigenvalue weighted by Crippen LogP contribution is -2.48. The van der Waals surface area contributed by atoms with Crippen LogP contribution in [0.1, 0.15) is 11.5 Å². The van der Waals surface area contributed by atoms with E-state index >= 15 is 0 Å². The van der Waals surface area contributed by atoms with Gasteiger partial charge in [-0.05, 0) is 24.3 Å². The quantitative estimate of drug-likeness (QED) is 0.701. The van der Waals surface area contributed by atoms with Crippen molar-refractivity contribution < 1.29 is 27.2 Å². The number of likely N-dealkylation sites (N-methyl/N-ethyl adjacent to an activating group) is 1. The Morgan fingerprint density at radius 2 is 2.03 bits per heavy atom. The Morgan fingerprint density at radius 3 is 2.80 bits per heavy atom. The summed E-state index contributed by atoms with van der Waals surface area (Å²) in [6.45, 7) is 0.414. The number of ether oxygens (including phenoxy) is 1. The standard InChI is InChI=1S/C20H17F3N4O3/c1-24-19(28)16-10-27(14-7-2-3-8-15(14)29-16)11-17-25-18(26-30-17)12-5-4-6-13(9-12)20(21,22)23/h2-9,16H,10-11H2,1H3,(H,24,28)/t16-/m1/s1. The summed E-state index contributed by atoms with van der Waals surface area (Å²) >= 11 is 0. The summed E-state index contributed by atoms with van der Waals surface area (Å²) in [6, 6.07) is 11.9. The summed E-state index contributed by atoms with van der Waals surface area (Å²) in [4.78, 5) is 18.2. The Morgan fingerprint density at radius 1 is 1.23 bits per heavy atom. The van der Waals surface area contributed by atoms with E-state index < -0.39 is 17.8 Å². The molecule has 30 heavy (non-hydrogen) atoms. The van der Waals surface area contributed by atoms with Crippen LogP contribution >= 0.6 is 0 Å². The highest BCUT2D eigenvalue weighted by Gasteiger charge is 2.32. The predicted molar refractivity (Wildman–Crippen MR) is 101 cm³/mol. The highest BCUT2D eigenvalue weighted by atomic mass is 19.4. The van der Waals surface area contributed by atoms with Crippen molar-refractivity contribution in [3.8, 4) is 17.1 Å². The molecule has 0 radical (unpaired) electrons. The van der Waals surface area contributed by atoms with Crippen molar-refractivity contribution in [3.05, 3.63) is 60.0 Å². The van der Waals surface area contributed by atoms with Crippen LogP contribution in [-0.4, -0.2) is 35.7 Å². The molecule has 0 spiro atoms. The van der Waals surface area contributed by atoms with Crippen LogP contribution in [0.3, 0.4) is 0 Å². The minimum Gasteiger partial charge on any atom is -0.477 e. The van der Waals surface area contributed by atoms with E-state index in [0.717, 1.165) is 17.8 Å². The first kappa shape index (κ1) is 19.7. The SMILES string of the molecule is CNC(=O)[C@H]1CN(Cc2nc(-c3cccc(C(F)(F)F)c3)no2)c2ccccc2O1. The molecule has 1 aliphatic heterocycles. The number of carbonyl (C=O) groups excluding carboxylic acids is 1. The normalized spacial score (nSPS) is 16.0. The van der Waals surface area contributed by atoms with Gasteiger partial charge in [0.2, 0.25) is 11.7 Å². The number of hydrogen-bond acceptors (Lipinski definition) is 6. The number of nitrogens with one attached hydrogen (secondary N) is 1. The second kappa shape index (κ2) is 7.69. The van der Waals surface area contributed by atoms with Gasteiger partial charge in [0.15, 0.2) is 6.10 Å². The number of para-hydroxylation sites is 2. The molecular formula is C20H17F3N4O3. The zero-order valence-corrected chi connectivity index (χ0v) is 15.8. The van der Waals surface area contributed by atoms with Gasteiger partial charge in [-0.2, -0.15) is 18.2 Å². The minimum atomic E-state index is -4.46. The zero-order valence-electron chi connectivity index (χ0n) is 15.8. The fourth-order valence-corrected chi connectivity index (χ4v) is 3.19. The van der Waals surface area contributed by atoms with E-state index in [0.29, 0.717) is 5.75 Å². The fraction of sp³-hybridized carbons (Fsp3) is 0.250. The number of alkyl halides is 3. The third-order valence-electron chi connectivity index (χ3n) is 4.64. The zero-order chi connectivity index (χ0) is 21.3. The number of anilines is 1. The van der Waals surface area contributed by atoms with Gasteiger partial charge < -0.3 is 19.5 Å². The smallest absolute Gasteiger partial charge is 0.416 e. The Hall–Kier alpha value is -3.56. The van der Waals surface area contributed by atoms with Gasteiger partial charge in [-0.25, -0.2) is 0 Å². The van der Waals surface area contributed by atoms with E-state index in [1.165, 1.54) is 19.2 Å². The molecule has 10 heteroatoms. The molecular weight excluding hydrogens is 401 g/mol. The predicted octanol–water partition coefficient (Wildman–Crippen LogP) is 3.27. The minimum absolute atomic E-state index is 0.0560. The van der Waals surface area contributed by atoms with Crippen molar-refractivity contribution in [1.29, 1.82) is 0 Å². The van der Waals surface area contributed by atoms with Gasteiger partial charge in [0, 0.05) is 12.6 Å². The average molecular weight is 418 g/mol. The van der Waals surface area contributed by atoms with Gasteiger partial charge in [0.05, 0.1) is 24.3 Å². The topological polar surface area (TPSA) is 80.5 Å². The number of fused-ring (bicyclic) bond motifs is 1. The van der Waals surface area contributed by atoms with Gasteiger partial charge in [-0.3, -0.25) is 4.79 Å². The number of carbonyl (C=O) groups is 1. The summed E-state index contributed by atoms with van der Waals surface area (Å²) in [5.74, 6) is 0.523. The van der Waals surface area contributed by atoms with Crippen LogP contribution < -0.4 is 15.0 Å². The van der Waals surface area contributed by atoms with E-state index in [1.54, 1.807) is 12.1 Å². The summed E-state index contributed by atoms with van der Waals surface area (Å²) in [7, 11) is 1.52. The molecule has 1 aliphatic rings. The first-order valence-electron chi connectivity index (χ1n) is 9.07. The molecule has 0 saturated carbocycles. The number of amides is 1. The van der Waals surface area contributed by atoms with Gasteiger partial charge in [0.25, 0.3) is 5.91 Å². The van der Waals surface area contributed by atoms with Gasteiger partial charge in [-0.1, -0.05) is 29.4 Å². The van der Waals surface area contributed by atoms with Gasteiger partial charge >= 0.3 is 6.18 Å². The first-order valence-corrected chi connectivity index (χ1v) is 9.07. The molecule has 0 aliphatic carbocycles. The van der Waals surface area contributed by atoms with Crippen LogP contribution in [0.5, 0.6) is 5.75 Å². The van der Waals surface area contributed by atoms with Crippen LogP contribution in [0.25, 0.3) is 11.4 Å². The fourth-order valence-electron chi connectivity index (χ4n) is 3.19. The third-order valence-corrected chi connectivity index (χ3v) is 4.64. The molecule has 1 N–H and O–H groups in total. The van der Waals surface area contributed by atoms with Crippen LogP contribution in [-0.2, 0) is 17.5 Å². The number of rotatable bonds is 4. The second-order valence-electron chi connectivity index (χ2n) is 6.66. The van der Waals surface area contributed by atoms with E-state index in [2.05, 4.69) is 15.5 Å². The van der Waals surface area contributed by atoms with Crippen molar-refractivity contribution in [1.82, 2.24) is 15.5 Å². The molecule has 1 aromatic heterocycles. The van der Waals surface area contributed by atoms with Crippen molar-refractivity contribution in [2.24, 2.45) is 0 Å². The molecule has 0 fully saturated rings. The molecule has 0 bridgehead atoms. The Bertz CT molecular complexity index is 1070. The second-order valence-corrected chi connectivity index (χ2v) is 6.66. The van der Waals surface area contributed by atoms with E-state index in [-0.39, 0.29) is 36.3 Å². The molecule has 2 heterocycles. The maximum absolute atomic E-state index is 13.0. The highest BCUT2D eigenvalue weighted by molar-refractivity contribution is 5.83. The molecule has 7 nitrogen and oxygen atoms in total. The van der Waals surface area contributed by atoms with Crippen LogP contribution in [0, 0.1) is 0 Å². The van der Waals surface area contributed by atoms with Crippen LogP contribution in [0.2, 0.25) is 0 Å². The van der Waals surface area contributed by atoms with Crippen LogP contribution in [0.15, 0.2) is 53.1 Å². The first-order chi connectivity index (χ1) is 14.3. The van der Waals surface area contributed by atoms with E-state index in [1.807, 2.05) is 17.0 Å². The Labute approximate surface area is 169 Å². The maximum atomic E-state index is 13.0. The van der Waals surface area contributed by atoms with Gasteiger partial charge in [-0.15, -0.1) is 0 Å². The summed E-state index contributed by atoms with van der Waals surface area (Å²) in [5, 5.41) is 6.37.